The minimum atomic E-state index is 0.198. The molecule has 0 spiro atoms. The maximum Gasteiger partial charge on any atom is 0.133 e. The second kappa shape index (κ2) is 6.14. The van der Waals surface area contributed by atoms with E-state index < -0.39 is 0 Å². The average molecular weight is 247 g/mol. The summed E-state index contributed by atoms with van der Waals surface area (Å²) in [6, 6.07) is 4.59. The van der Waals surface area contributed by atoms with Crippen LogP contribution in [0.25, 0.3) is 0 Å². The van der Waals surface area contributed by atoms with Gasteiger partial charge in [-0.2, -0.15) is 0 Å². The van der Waals surface area contributed by atoms with Crippen molar-refractivity contribution in [2.24, 2.45) is 0 Å². The van der Waals surface area contributed by atoms with Crippen LogP contribution >= 0.6 is 0 Å². The molecule has 0 bridgehead atoms. The Balaban J connectivity index is 2.85. The fraction of sp³-hybridized carbons (Fsp3) is 0.562. The van der Waals surface area contributed by atoms with Gasteiger partial charge in [-0.15, -0.1) is 0 Å². The van der Waals surface area contributed by atoms with Crippen molar-refractivity contribution in [1.29, 1.82) is 0 Å². The van der Waals surface area contributed by atoms with E-state index in [-0.39, 0.29) is 5.41 Å². The summed E-state index contributed by atoms with van der Waals surface area (Å²) >= 11 is 0. The molecule has 0 aliphatic carbocycles. The summed E-state index contributed by atoms with van der Waals surface area (Å²) in [7, 11) is 0. The molecule has 0 aliphatic rings. The van der Waals surface area contributed by atoms with Gasteiger partial charge in [0.2, 0.25) is 0 Å². The monoisotopic (exact) mass is 247 g/mol. The van der Waals surface area contributed by atoms with Gasteiger partial charge in [-0.05, 0) is 54.5 Å². The second-order valence-corrected chi connectivity index (χ2v) is 5.96. The molecule has 0 saturated heterocycles. The Kier molecular flexibility index (Phi) is 5.09. The minimum absolute atomic E-state index is 0.198. The molecule has 100 valence electrons. The standard InChI is InChI=1S/C16H25NO/c1-12-10-14(16(3,4)5)11-13(2)15(12)6-7-17-8-9-18/h9-11,17H,6-8H2,1-5H3. The molecule has 2 heteroatoms. The number of carbonyl (C=O) groups is 1. The number of benzene rings is 1. The highest BCUT2D eigenvalue weighted by atomic mass is 16.1. The van der Waals surface area contributed by atoms with Gasteiger partial charge in [0.05, 0.1) is 6.54 Å². The SMILES string of the molecule is Cc1cc(C(C)(C)C)cc(C)c1CCNCC=O. The highest BCUT2D eigenvalue weighted by molar-refractivity contribution is 5.51. The van der Waals surface area contributed by atoms with Crippen molar-refractivity contribution in [2.75, 3.05) is 13.1 Å². The van der Waals surface area contributed by atoms with Crippen molar-refractivity contribution >= 4 is 6.29 Å². The lowest BCUT2D eigenvalue weighted by molar-refractivity contribution is -0.107. The van der Waals surface area contributed by atoms with Crippen molar-refractivity contribution in [3.05, 3.63) is 34.4 Å². The van der Waals surface area contributed by atoms with Crippen LogP contribution in [0.3, 0.4) is 0 Å². The molecular weight excluding hydrogens is 222 g/mol. The van der Waals surface area contributed by atoms with Crippen LogP contribution in [0.5, 0.6) is 0 Å². The summed E-state index contributed by atoms with van der Waals surface area (Å²) in [5.74, 6) is 0. The molecule has 0 amide bonds. The maximum atomic E-state index is 10.2. The number of hydrogen-bond donors (Lipinski definition) is 1. The first-order chi connectivity index (χ1) is 8.36. The quantitative estimate of drug-likeness (QED) is 0.640. The normalized spacial score (nSPS) is 11.6. The van der Waals surface area contributed by atoms with Crippen LogP contribution in [0.1, 0.15) is 43.0 Å². The average Bonchev–Trinajstić information content (AvgIpc) is 2.25. The van der Waals surface area contributed by atoms with Crippen LogP contribution in [-0.4, -0.2) is 19.4 Å². The zero-order valence-corrected chi connectivity index (χ0v) is 12.3. The lowest BCUT2D eigenvalue weighted by Crippen LogP contribution is -2.20. The number of aryl methyl sites for hydroxylation is 2. The van der Waals surface area contributed by atoms with Crippen molar-refractivity contribution in [3.63, 3.8) is 0 Å². The van der Waals surface area contributed by atoms with E-state index in [1.807, 2.05) is 0 Å². The molecule has 1 N–H and O–H groups in total. The molecule has 1 aromatic carbocycles. The molecule has 0 saturated carbocycles. The summed E-state index contributed by atoms with van der Waals surface area (Å²) in [6.45, 7) is 12.4. The van der Waals surface area contributed by atoms with Crippen LogP contribution < -0.4 is 5.32 Å². The zero-order chi connectivity index (χ0) is 13.8. The smallest absolute Gasteiger partial charge is 0.133 e. The molecule has 1 aromatic rings. The predicted molar refractivity (Wildman–Crippen MR) is 77.3 cm³/mol. The van der Waals surface area contributed by atoms with Crippen molar-refractivity contribution in [3.8, 4) is 0 Å². The first-order valence-electron chi connectivity index (χ1n) is 6.61. The molecule has 2 nitrogen and oxygen atoms in total. The Morgan fingerprint density at radius 3 is 2.17 bits per heavy atom. The molecule has 0 atom stereocenters. The lowest BCUT2D eigenvalue weighted by atomic mass is 9.83. The van der Waals surface area contributed by atoms with Gasteiger partial charge in [-0.1, -0.05) is 32.9 Å². The Labute approximate surface area is 111 Å². The van der Waals surface area contributed by atoms with E-state index >= 15 is 0 Å². The number of rotatable bonds is 5. The molecule has 0 aliphatic heterocycles. The van der Waals surface area contributed by atoms with Crippen LogP contribution in [0.2, 0.25) is 0 Å². The van der Waals surface area contributed by atoms with Gasteiger partial charge in [0, 0.05) is 0 Å². The number of nitrogens with one attached hydrogen (secondary N) is 1. The first kappa shape index (κ1) is 14.9. The molecule has 1 rings (SSSR count). The van der Waals surface area contributed by atoms with Crippen LogP contribution in [-0.2, 0) is 16.6 Å². The van der Waals surface area contributed by atoms with E-state index in [4.69, 9.17) is 0 Å². The Morgan fingerprint density at radius 2 is 1.72 bits per heavy atom. The van der Waals surface area contributed by atoms with Crippen LogP contribution in [0, 0.1) is 13.8 Å². The maximum absolute atomic E-state index is 10.2. The van der Waals surface area contributed by atoms with Crippen molar-refractivity contribution in [2.45, 2.75) is 46.5 Å². The second-order valence-electron chi connectivity index (χ2n) is 5.96. The number of hydrogen-bond acceptors (Lipinski definition) is 2. The van der Waals surface area contributed by atoms with Gasteiger partial charge in [-0.3, -0.25) is 0 Å². The fourth-order valence-corrected chi connectivity index (χ4v) is 2.20. The Bertz CT molecular complexity index is 393. The Morgan fingerprint density at radius 1 is 1.17 bits per heavy atom. The largest absolute Gasteiger partial charge is 0.310 e. The van der Waals surface area contributed by atoms with Gasteiger partial charge in [0.25, 0.3) is 0 Å². The van der Waals surface area contributed by atoms with E-state index in [0.29, 0.717) is 6.54 Å². The molecule has 0 unspecified atom stereocenters. The van der Waals surface area contributed by atoms with E-state index in [9.17, 15) is 4.79 Å². The molecular formula is C16H25NO. The van der Waals surface area contributed by atoms with E-state index in [2.05, 4.69) is 52.1 Å². The molecule has 0 heterocycles. The van der Waals surface area contributed by atoms with E-state index in [0.717, 1.165) is 19.3 Å². The summed E-state index contributed by atoms with van der Waals surface area (Å²) in [5, 5.41) is 3.11. The zero-order valence-electron chi connectivity index (χ0n) is 12.3. The molecule has 0 fully saturated rings. The van der Waals surface area contributed by atoms with Gasteiger partial charge in [0.15, 0.2) is 0 Å². The molecule has 0 aromatic heterocycles. The third-order valence-electron chi connectivity index (χ3n) is 3.34. The summed E-state index contributed by atoms with van der Waals surface area (Å²) < 4.78 is 0. The van der Waals surface area contributed by atoms with Gasteiger partial charge in [0.1, 0.15) is 6.29 Å². The predicted octanol–water partition coefficient (Wildman–Crippen LogP) is 2.93. The van der Waals surface area contributed by atoms with Crippen molar-refractivity contribution in [1.82, 2.24) is 5.32 Å². The highest BCUT2D eigenvalue weighted by Gasteiger charge is 2.15. The number of carbonyl (C=O) groups excluding carboxylic acids is 1. The van der Waals surface area contributed by atoms with Gasteiger partial charge in [-0.25, -0.2) is 0 Å². The first-order valence-corrected chi connectivity index (χ1v) is 6.61. The summed E-state index contributed by atoms with van der Waals surface area (Å²) in [4.78, 5) is 10.2. The van der Waals surface area contributed by atoms with E-state index in [1.54, 1.807) is 0 Å². The van der Waals surface area contributed by atoms with Gasteiger partial charge < -0.3 is 10.1 Å². The highest BCUT2D eigenvalue weighted by Crippen LogP contribution is 2.26. The van der Waals surface area contributed by atoms with Crippen molar-refractivity contribution < 1.29 is 4.79 Å². The third kappa shape index (κ3) is 3.95. The van der Waals surface area contributed by atoms with Crippen LogP contribution in [0.4, 0.5) is 0 Å². The third-order valence-corrected chi connectivity index (χ3v) is 3.34. The Hall–Kier alpha value is -1.15. The van der Waals surface area contributed by atoms with Crippen LogP contribution in [0.15, 0.2) is 12.1 Å². The topological polar surface area (TPSA) is 29.1 Å². The fourth-order valence-electron chi connectivity index (χ4n) is 2.20. The summed E-state index contributed by atoms with van der Waals surface area (Å²) in [6.07, 6.45) is 1.89. The summed E-state index contributed by atoms with van der Waals surface area (Å²) in [5.41, 5.74) is 5.70. The van der Waals surface area contributed by atoms with Gasteiger partial charge >= 0.3 is 0 Å². The number of aldehydes is 1. The molecule has 0 radical (unpaired) electrons. The lowest BCUT2D eigenvalue weighted by Gasteiger charge is -2.22. The minimum Gasteiger partial charge on any atom is -0.310 e. The van der Waals surface area contributed by atoms with E-state index in [1.165, 1.54) is 22.3 Å². The molecule has 18 heavy (non-hydrogen) atoms.